The molecule has 6 heteroatoms. The number of aromatic nitrogens is 2. The SMILES string of the molecule is CCOC(=O)CCNc1nc(C(C)C)ns1. The smallest absolute Gasteiger partial charge is 0.307 e. The first-order valence-corrected chi connectivity index (χ1v) is 6.14. The van der Waals surface area contributed by atoms with Gasteiger partial charge in [0, 0.05) is 24.0 Å². The van der Waals surface area contributed by atoms with E-state index >= 15 is 0 Å². The van der Waals surface area contributed by atoms with Gasteiger partial charge in [-0.25, -0.2) is 4.98 Å². The van der Waals surface area contributed by atoms with Gasteiger partial charge in [-0.2, -0.15) is 4.37 Å². The van der Waals surface area contributed by atoms with E-state index in [9.17, 15) is 4.79 Å². The lowest BCUT2D eigenvalue weighted by Crippen LogP contribution is -2.11. The van der Waals surface area contributed by atoms with Gasteiger partial charge in [-0.3, -0.25) is 4.79 Å². The Balaban J connectivity index is 2.29. The summed E-state index contributed by atoms with van der Waals surface area (Å²) in [5.41, 5.74) is 0. The van der Waals surface area contributed by atoms with E-state index in [1.165, 1.54) is 11.5 Å². The predicted octanol–water partition coefficient (Wildman–Crippen LogP) is 2.03. The van der Waals surface area contributed by atoms with Crippen LogP contribution in [0.25, 0.3) is 0 Å². The van der Waals surface area contributed by atoms with Gasteiger partial charge in [0.25, 0.3) is 0 Å². The third-order valence-corrected chi connectivity index (χ3v) is 2.56. The first kappa shape index (κ1) is 12.9. The lowest BCUT2D eigenvalue weighted by atomic mass is 10.2. The number of esters is 1. The van der Waals surface area contributed by atoms with Crippen LogP contribution >= 0.6 is 11.5 Å². The van der Waals surface area contributed by atoms with Crippen molar-refractivity contribution < 1.29 is 9.53 Å². The highest BCUT2D eigenvalue weighted by Gasteiger charge is 2.07. The first-order valence-electron chi connectivity index (χ1n) is 5.36. The van der Waals surface area contributed by atoms with Crippen molar-refractivity contribution in [1.29, 1.82) is 0 Å². The van der Waals surface area contributed by atoms with Crippen LogP contribution in [0.5, 0.6) is 0 Å². The maximum atomic E-state index is 11.1. The molecule has 0 bridgehead atoms. The molecule has 90 valence electrons. The average molecular weight is 243 g/mol. The van der Waals surface area contributed by atoms with E-state index < -0.39 is 0 Å². The van der Waals surface area contributed by atoms with E-state index in [2.05, 4.69) is 14.7 Å². The third kappa shape index (κ3) is 4.14. The molecule has 1 heterocycles. The van der Waals surface area contributed by atoms with Crippen molar-refractivity contribution in [2.75, 3.05) is 18.5 Å². The predicted molar refractivity (Wildman–Crippen MR) is 63.7 cm³/mol. The number of rotatable bonds is 6. The Hall–Kier alpha value is -1.17. The molecule has 0 fully saturated rings. The van der Waals surface area contributed by atoms with Gasteiger partial charge in [0.05, 0.1) is 13.0 Å². The minimum Gasteiger partial charge on any atom is -0.466 e. The average Bonchev–Trinajstić information content (AvgIpc) is 2.67. The van der Waals surface area contributed by atoms with Crippen molar-refractivity contribution in [3.8, 4) is 0 Å². The first-order chi connectivity index (χ1) is 7.63. The Morgan fingerprint density at radius 3 is 2.88 bits per heavy atom. The number of hydrogen-bond acceptors (Lipinski definition) is 6. The van der Waals surface area contributed by atoms with Gasteiger partial charge in [0.1, 0.15) is 5.82 Å². The zero-order chi connectivity index (χ0) is 12.0. The number of anilines is 1. The Kier molecular flexibility index (Phi) is 5.18. The van der Waals surface area contributed by atoms with Crippen LogP contribution in [0.2, 0.25) is 0 Å². The summed E-state index contributed by atoms with van der Waals surface area (Å²) in [6.07, 6.45) is 0.352. The Morgan fingerprint density at radius 2 is 2.31 bits per heavy atom. The molecule has 16 heavy (non-hydrogen) atoms. The number of ether oxygens (including phenoxy) is 1. The summed E-state index contributed by atoms with van der Waals surface area (Å²) in [5.74, 6) is 0.976. The molecule has 1 aromatic rings. The van der Waals surface area contributed by atoms with Crippen molar-refractivity contribution in [3.05, 3.63) is 5.82 Å². The van der Waals surface area contributed by atoms with Crippen LogP contribution < -0.4 is 5.32 Å². The molecule has 0 aliphatic rings. The number of nitrogens with zero attached hydrogens (tertiary/aromatic N) is 2. The lowest BCUT2D eigenvalue weighted by molar-refractivity contribution is -0.142. The molecule has 1 N–H and O–H groups in total. The maximum Gasteiger partial charge on any atom is 0.307 e. The van der Waals surface area contributed by atoms with E-state index in [1.54, 1.807) is 6.92 Å². The van der Waals surface area contributed by atoms with Crippen LogP contribution in [-0.4, -0.2) is 28.5 Å². The van der Waals surface area contributed by atoms with Crippen LogP contribution in [0, 0.1) is 0 Å². The second-order valence-corrected chi connectivity index (χ2v) is 4.35. The van der Waals surface area contributed by atoms with Crippen LogP contribution in [-0.2, 0) is 9.53 Å². The molecule has 0 saturated heterocycles. The molecule has 0 aliphatic heterocycles. The van der Waals surface area contributed by atoms with Gasteiger partial charge >= 0.3 is 5.97 Å². The number of hydrogen-bond donors (Lipinski definition) is 1. The summed E-state index contributed by atoms with van der Waals surface area (Å²) >= 11 is 1.32. The second kappa shape index (κ2) is 6.42. The van der Waals surface area contributed by atoms with Crippen LogP contribution in [0.1, 0.15) is 38.9 Å². The number of carbonyl (C=O) groups excluding carboxylic acids is 1. The minimum atomic E-state index is -0.191. The molecule has 0 spiro atoms. The minimum absolute atomic E-state index is 0.191. The van der Waals surface area contributed by atoms with E-state index in [-0.39, 0.29) is 5.97 Å². The molecule has 0 aromatic carbocycles. The Bertz CT molecular complexity index is 339. The van der Waals surface area contributed by atoms with Crippen LogP contribution in [0.4, 0.5) is 5.13 Å². The summed E-state index contributed by atoms with van der Waals surface area (Å²) in [4.78, 5) is 15.3. The van der Waals surface area contributed by atoms with Crippen molar-refractivity contribution >= 4 is 22.6 Å². The molecule has 0 radical (unpaired) electrons. The molecule has 5 nitrogen and oxygen atoms in total. The summed E-state index contributed by atoms with van der Waals surface area (Å²) in [7, 11) is 0. The molecule has 0 atom stereocenters. The third-order valence-electron chi connectivity index (χ3n) is 1.87. The van der Waals surface area contributed by atoms with Gasteiger partial charge in [-0.1, -0.05) is 13.8 Å². The van der Waals surface area contributed by atoms with Gasteiger partial charge in [0.2, 0.25) is 5.13 Å². The highest BCUT2D eigenvalue weighted by atomic mass is 32.1. The standard InChI is InChI=1S/C10H17N3O2S/c1-4-15-8(14)5-6-11-10-12-9(7(2)3)13-16-10/h7H,4-6H2,1-3H3,(H,11,12,13). The Labute approximate surface area is 99.4 Å². The fourth-order valence-electron chi connectivity index (χ4n) is 1.05. The zero-order valence-electron chi connectivity index (χ0n) is 9.82. The molecule has 1 aromatic heterocycles. The fraction of sp³-hybridized carbons (Fsp3) is 0.700. The van der Waals surface area contributed by atoms with Crippen molar-refractivity contribution in [2.45, 2.75) is 33.1 Å². The molecule has 0 saturated carbocycles. The molecule has 0 amide bonds. The molecule has 1 rings (SSSR count). The summed E-state index contributed by atoms with van der Waals surface area (Å²) in [6.45, 7) is 6.85. The van der Waals surface area contributed by atoms with Crippen LogP contribution in [0.15, 0.2) is 0 Å². The lowest BCUT2D eigenvalue weighted by Gasteiger charge is -2.02. The molecule has 0 unspecified atom stereocenters. The molecule has 0 aliphatic carbocycles. The summed E-state index contributed by atoms with van der Waals surface area (Å²) in [5, 5.41) is 3.81. The van der Waals surface area contributed by atoms with E-state index in [0.717, 1.165) is 11.0 Å². The van der Waals surface area contributed by atoms with Gasteiger partial charge in [-0.05, 0) is 6.92 Å². The van der Waals surface area contributed by atoms with Crippen molar-refractivity contribution in [2.24, 2.45) is 0 Å². The van der Waals surface area contributed by atoms with Crippen LogP contribution in [0.3, 0.4) is 0 Å². The highest BCUT2D eigenvalue weighted by Crippen LogP contribution is 2.16. The van der Waals surface area contributed by atoms with Gasteiger partial charge in [0.15, 0.2) is 0 Å². The second-order valence-electron chi connectivity index (χ2n) is 3.59. The molecular weight excluding hydrogens is 226 g/mol. The molecular formula is C10H17N3O2S. The monoisotopic (exact) mass is 243 g/mol. The van der Waals surface area contributed by atoms with Gasteiger partial charge < -0.3 is 10.1 Å². The van der Waals surface area contributed by atoms with Crippen molar-refractivity contribution in [3.63, 3.8) is 0 Å². The topological polar surface area (TPSA) is 64.1 Å². The van der Waals surface area contributed by atoms with E-state index in [4.69, 9.17) is 4.74 Å². The zero-order valence-corrected chi connectivity index (χ0v) is 10.6. The van der Waals surface area contributed by atoms with Gasteiger partial charge in [-0.15, -0.1) is 0 Å². The fourth-order valence-corrected chi connectivity index (χ4v) is 1.78. The highest BCUT2D eigenvalue weighted by molar-refractivity contribution is 7.09. The normalized spacial score (nSPS) is 10.5. The largest absolute Gasteiger partial charge is 0.466 e. The van der Waals surface area contributed by atoms with E-state index in [1.807, 2.05) is 13.8 Å². The summed E-state index contributed by atoms with van der Waals surface area (Å²) < 4.78 is 9.01. The summed E-state index contributed by atoms with van der Waals surface area (Å²) in [6, 6.07) is 0. The number of nitrogens with one attached hydrogen (secondary N) is 1. The van der Waals surface area contributed by atoms with E-state index in [0.29, 0.717) is 25.5 Å². The number of carbonyl (C=O) groups is 1. The Morgan fingerprint density at radius 1 is 1.56 bits per heavy atom. The maximum absolute atomic E-state index is 11.1. The van der Waals surface area contributed by atoms with Crippen molar-refractivity contribution in [1.82, 2.24) is 9.36 Å². The quantitative estimate of drug-likeness (QED) is 0.774.